The van der Waals surface area contributed by atoms with Crippen molar-refractivity contribution in [2.24, 2.45) is 5.92 Å². The van der Waals surface area contributed by atoms with E-state index in [1.807, 2.05) is 6.08 Å². The van der Waals surface area contributed by atoms with E-state index < -0.39 is 0 Å². The van der Waals surface area contributed by atoms with E-state index in [0.29, 0.717) is 18.4 Å². The molecule has 0 radical (unpaired) electrons. The molecule has 1 aromatic rings. The molecule has 1 aliphatic heterocycles. The molecule has 4 rings (SSSR count). The summed E-state index contributed by atoms with van der Waals surface area (Å²) in [5.41, 5.74) is 4.99. The summed E-state index contributed by atoms with van der Waals surface area (Å²) in [6.07, 6.45) is 5.59. The molecule has 2 aliphatic carbocycles. The first kappa shape index (κ1) is 14.8. The summed E-state index contributed by atoms with van der Waals surface area (Å²) < 4.78 is 11.3. The number of benzene rings is 1. The van der Waals surface area contributed by atoms with Crippen molar-refractivity contribution >= 4 is 11.4 Å². The Kier molecular flexibility index (Phi) is 3.45. The molecule has 3 aliphatic rings. The molecule has 0 fully saturated rings. The molecule has 4 heteroatoms. The number of carbonyl (C=O) groups excluding carboxylic acids is 1. The second-order valence-electron chi connectivity index (χ2n) is 6.84. The lowest BCUT2D eigenvalue weighted by Crippen LogP contribution is -2.37. The summed E-state index contributed by atoms with van der Waals surface area (Å²) in [5, 5.41) is 0. The van der Waals surface area contributed by atoms with E-state index in [1.54, 1.807) is 14.2 Å². The highest BCUT2D eigenvalue weighted by molar-refractivity contribution is 6.00. The summed E-state index contributed by atoms with van der Waals surface area (Å²) in [6, 6.07) is 2.55. The van der Waals surface area contributed by atoms with Gasteiger partial charge in [0.25, 0.3) is 0 Å². The maximum Gasteiger partial charge on any atom is 0.168 e. The summed E-state index contributed by atoms with van der Waals surface area (Å²) in [5.74, 6) is 2.25. The van der Waals surface area contributed by atoms with E-state index in [-0.39, 0.29) is 5.78 Å². The van der Waals surface area contributed by atoms with Crippen LogP contribution in [0.2, 0.25) is 0 Å². The van der Waals surface area contributed by atoms with Crippen LogP contribution in [0.5, 0.6) is 11.5 Å². The normalized spacial score (nSPS) is 26.2. The summed E-state index contributed by atoms with van der Waals surface area (Å²) >= 11 is 0. The average Bonchev–Trinajstić information content (AvgIpc) is 2.57. The second-order valence-corrected chi connectivity index (χ2v) is 6.84. The SMILES string of the molecule is COc1cc2c3c(c1OC)C1=CC(=O)CC[C@@H]1C[C@H]3N(C)CC2. The van der Waals surface area contributed by atoms with Crippen LogP contribution in [-0.2, 0) is 11.2 Å². The number of likely N-dealkylation sites (N-methyl/N-ethyl adjacent to an activating group) is 1. The maximum absolute atomic E-state index is 12.0. The number of allylic oxidation sites excluding steroid dienone is 2. The van der Waals surface area contributed by atoms with Crippen molar-refractivity contribution in [2.75, 3.05) is 27.8 Å². The van der Waals surface area contributed by atoms with E-state index in [1.165, 1.54) is 16.7 Å². The number of methoxy groups -OCH3 is 2. The molecule has 0 saturated carbocycles. The van der Waals surface area contributed by atoms with Gasteiger partial charge in [-0.25, -0.2) is 0 Å². The smallest absolute Gasteiger partial charge is 0.168 e. The monoisotopic (exact) mass is 313 g/mol. The summed E-state index contributed by atoms with van der Waals surface area (Å²) in [7, 11) is 5.58. The molecule has 2 atom stereocenters. The molecule has 0 aromatic heterocycles. The molecule has 0 saturated heterocycles. The Bertz CT molecular complexity index is 707. The Morgan fingerprint density at radius 2 is 2.04 bits per heavy atom. The minimum Gasteiger partial charge on any atom is -0.493 e. The fraction of sp³-hybridized carbons (Fsp3) is 0.526. The van der Waals surface area contributed by atoms with Crippen LogP contribution in [0, 0.1) is 5.92 Å². The van der Waals surface area contributed by atoms with Gasteiger partial charge in [0.05, 0.1) is 14.2 Å². The van der Waals surface area contributed by atoms with Crippen molar-refractivity contribution < 1.29 is 14.3 Å². The largest absolute Gasteiger partial charge is 0.493 e. The van der Waals surface area contributed by atoms with Crippen LogP contribution in [-0.4, -0.2) is 38.5 Å². The van der Waals surface area contributed by atoms with Gasteiger partial charge in [0, 0.05) is 24.6 Å². The minimum atomic E-state index is 0.234. The van der Waals surface area contributed by atoms with Crippen molar-refractivity contribution in [3.63, 3.8) is 0 Å². The molecular weight excluding hydrogens is 290 g/mol. The molecule has 0 unspecified atom stereocenters. The molecule has 122 valence electrons. The Labute approximate surface area is 137 Å². The summed E-state index contributed by atoms with van der Waals surface area (Å²) in [4.78, 5) is 14.5. The van der Waals surface area contributed by atoms with Gasteiger partial charge in [-0.3, -0.25) is 9.69 Å². The first-order valence-corrected chi connectivity index (χ1v) is 8.36. The third-order valence-corrected chi connectivity index (χ3v) is 5.69. The highest BCUT2D eigenvalue weighted by Gasteiger charge is 2.41. The van der Waals surface area contributed by atoms with Gasteiger partial charge in [-0.15, -0.1) is 0 Å². The Balaban J connectivity index is 2.03. The van der Waals surface area contributed by atoms with Crippen molar-refractivity contribution in [2.45, 2.75) is 31.7 Å². The number of carbonyl (C=O) groups is 1. The topological polar surface area (TPSA) is 38.8 Å². The summed E-state index contributed by atoms with van der Waals surface area (Å²) in [6.45, 7) is 1.07. The van der Waals surface area contributed by atoms with E-state index in [0.717, 1.165) is 42.9 Å². The number of fused-ring (bicyclic) bond motifs is 2. The van der Waals surface area contributed by atoms with E-state index in [9.17, 15) is 4.79 Å². The number of rotatable bonds is 2. The van der Waals surface area contributed by atoms with Gasteiger partial charge >= 0.3 is 0 Å². The number of ketones is 1. The predicted molar refractivity (Wildman–Crippen MR) is 88.9 cm³/mol. The zero-order chi connectivity index (χ0) is 16.1. The van der Waals surface area contributed by atoms with E-state index in [2.05, 4.69) is 18.0 Å². The molecule has 0 bridgehead atoms. The van der Waals surface area contributed by atoms with Crippen molar-refractivity contribution in [1.82, 2.24) is 4.90 Å². The Morgan fingerprint density at radius 3 is 2.78 bits per heavy atom. The quantitative estimate of drug-likeness (QED) is 0.841. The van der Waals surface area contributed by atoms with Gasteiger partial charge in [0.1, 0.15) is 0 Å². The molecule has 0 amide bonds. The first-order valence-electron chi connectivity index (χ1n) is 8.36. The van der Waals surface area contributed by atoms with Gasteiger partial charge in [-0.2, -0.15) is 0 Å². The Morgan fingerprint density at radius 1 is 1.22 bits per heavy atom. The number of ether oxygens (including phenoxy) is 2. The molecule has 1 aromatic carbocycles. The fourth-order valence-corrected chi connectivity index (χ4v) is 4.53. The number of hydrogen-bond donors (Lipinski definition) is 0. The lowest BCUT2D eigenvalue weighted by molar-refractivity contribution is -0.115. The van der Waals surface area contributed by atoms with Gasteiger partial charge in [-0.05, 0) is 61.1 Å². The van der Waals surface area contributed by atoms with E-state index in [4.69, 9.17) is 9.47 Å². The van der Waals surface area contributed by atoms with Crippen LogP contribution in [0.4, 0.5) is 0 Å². The van der Waals surface area contributed by atoms with Crippen molar-refractivity contribution in [1.29, 1.82) is 0 Å². The molecule has 0 N–H and O–H groups in total. The van der Waals surface area contributed by atoms with Crippen LogP contribution >= 0.6 is 0 Å². The Hall–Kier alpha value is -1.81. The van der Waals surface area contributed by atoms with Crippen molar-refractivity contribution in [3.8, 4) is 11.5 Å². The standard InChI is InChI=1S/C19H23NO3/c1-20-7-6-12-9-16(22-2)19(23-3)18-14-10-13(21)5-4-11(14)8-15(20)17(12)18/h9-11,15H,4-8H2,1-3H3/t11-,15-/m1/s1. The second kappa shape index (κ2) is 5.38. The van der Waals surface area contributed by atoms with Gasteiger partial charge in [0.2, 0.25) is 0 Å². The molecule has 1 heterocycles. The average molecular weight is 313 g/mol. The van der Waals surface area contributed by atoms with Crippen LogP contribution < -0.4 is 9.47 Å². The van der Waals surface area contributed by atoms with E-state index >= 15 is 0 Å². The zero-order valence-corrected chi connectivity index (χ0v) is 14.0. The first-order chi connectivity index (χ1) is 11.1. The molecular formula is C19H23NO3. The highest BCUT2D eigenvalue weighted by atomic mass is 16.5. The third kappa shape index (κ3) is 2.12. The van der Waals surface area contributed by atoms with Crippen LogP contribution in [0.25, 0.3) is 5.57 Å². The minimum absolute atomic E-state index is 0.234. The predicted octanol–water partition coefficient (Wildman–Crippen LogP) is 3.00. The van der Waals surface area contributed by atoms with Gasteiger partial charge in [-0.1, -0.05) is 0 Å². The van der Waals surface area contributed by atoms with Crippen LogP contribution in [0.1, 0.15) is 42.0 Å². The van der Waals surface area contributed by atoms with Crippen molar-refractivity contribution in [3.05, 3.63) is 28.8 Å². The molecule has 23 heavy (non-hydrogen) atoms. The lowest BCUT2D eigenvalue weighted by Gasteiger charge is -2.44. The number of hydrogen-bond acceptors (Lipinski definition) is 4. The third-order valence-electron chi connectivity index (χ3n) is 5.69. The lowest BCUT2D eigenvalue weighted by atomic mass is 9.69. The van der Waals surface area contributed by atoms with Gasteiger partial charge in [0.15, 0.2) is 17.3 Å². The maximum atomic E-state index is 12.0. The highest BCUT2D eigenvalue weighted by Crippen LogP contribution is 2.54. The number of nitrogens with zero attached hydrogens (tertiary/aromatic N) is 1. The molecule has 0 spiro atoms. The molecule has 4 nitrogen and oxygen atoms in total. The van der Waals surface area contributed by atoms with Crippen LogP contribution in [0.3, 0.4) is 0 Å². The van der Waals surface area contributed by atoms with Crippen LogP contribution in [0.15, 0.2) is 12.1 Å². The van der Waals surface area contributed by atoms with Gasteiger partial charge < -0.3 is 9.47 Å². The fourth-order valence-electron chi connectivity index (χ4n) is 4.53. The zero-order valence-electron chi connectivity index (χ0n) is 14.0.